The molecule has 2 N–H and O–H groups in total. The number of fused-ring (bicyclic) bond motifs is 2. The van der Waals surface area contributed by atoms with Gasteiger partial charge in [0.1, 0.15) is 5.00 Å². The number of hydrogen-bond acceptors (Lipinski definition) is 5. The van der Waals surface area contributed by atoms with Crippen molar-refractivity contribution in [1.29, 1.82) is 0 Å². The summed E-state index contributed by atoms with van der Waals surface area (Å²) in [4.78, 5) is 37.9. The van der Waals surface area contributed by atoms with E-state index in [-0.39, 0.29) is 23.8 Å². The molecule has 26 heavy (non-hydrogen) atoms. The monoisotopic (exact) mass is 377 g/mol. The van der Waals surface area contributed by atoms with Crippen LogP contribution in [0.2, 0.25) is 0 Å². The Morgan fingerprint density at radius 2 is 1.81 bits per heavy atom. The predicted octanol–water partition coefficient (Wildman–Crippen LogP) is 3.39. The molecule has 1 aromatic heterocycles. The van der Waals surface area contributed by atoms with Crippen LogP contribution < -0.4 is 5.32 Å². The first-order valence-electron chi connectivity index (χ1n) is 8.73. The van der Waals surface area contributed by atoms with Gasteiger partial charge in [-0.3, -0.25) is 9.59 Å². The van der Waals surface area contributed by atoms with E-state index in [0.29, 0.717) is 17.0 Å². The van der Waals surface area contributed by atoms with E-state index in [2.05, 4.69) is 5.32 Å². The van der Waals surface area contributed by atoms with Crippen molar-refractivity contribution in [3.8, 4) is 0 Å². The van der Waals surface area contributed by atoms with Crippen LogP contribution in [0.4, 0.5) is 5.00 Å². The van der Waals surface area contributed by atoms with E-state index in [4.69, 9.17) is 4.74 Å². The SMILES string of the molecule is Cc1sc(NC(=O)[C@@H]2[C@@H](C(=O)O)[C@H]3C=C[C@H]2C3)c(C(=O)OC(C)C)c1C. The second-order valence-corrected chi connectivity index (χ2v) is 8.49. The third-order valence-electron chi connectivity index (χ3n) is 5.22. The minimum Gasteiger partial charge on any atom is -0.481 e. The van der Waals surface area contributed by atoms with Gasteiger partial charge < -0.3 is 15.2 Å². The number of ether oxygens (including phenoxy) is 1. The van der Waals surface area contributed by atoms with Gasteiger partial charge in [0.15, 0.2) is 0 Å². The quantitative estimate of drug-likeness (QED) is 0.606. The highest BCUT2D eigenvalue weighted by molar-refractivity contribution is 7.16. The maximum Gasteiger partial charge on any atom is 0.341 e. The number of hydrogen-bond donors (Lipinski definition) is 2. The molecule has 3 rings (SSSR count). The molecule has 2 aliphatic carbocycles. The standard InChI is InChI=1S/C19H23NO5S/c1-8(2)25-19(24)13-9(3)10(4)26-17(13)20-16(21)14-11-5-6-12(7-11)15(14)18(22)23/h5-6,8,11-12,14-15H,7H2,1-4H3,(H,20,21)(H,22,23)/t11-,12-,14-,15-/m0/s1. The number of carboxylic acids is 1. The second-order valence-electron chi connectivity index (χ2n) is 7.27. The van der Waals surface area contributed by atoms with Crippen LogP contribution in [0, 0.1) is 37.5 Å². The van der Waals surface area contributed by atoms with Crippen LogP contribution in [-0.4, -0.2) is 29.1 Å². The van der Waals surface area contributed by atoms with Crippen LogP contribution >= 0.6 is 11.3 Å². The molecule has 0 spiro atoms. The van der Waals surface area contributed by atoms with Gasteiger partial charge in [0.05, 0.1) is 23.5 Å². The zero-order valence-electron chi connectivity index (χ0n) is 15.2. The second kappa shape index (κ2) is 6.87. The number of thiophene rings is 1. The average molecular weight is 377 g/mol. The molecule has 0 radical (unpaired) electrons. The molecule has 6 nitrogen and oxygen atoms in total. The summed E-state index contributed by atoms with van der Waals surface area (Å²) in [6, 6.07) is 0. The number of aliphatic carboxylic acids is 1. The van der Waals surface area contributed by atoms with Gasteiger partial charge in [-0.25, -0.2) is 4.79 Å². The van der Waals surface area contributed by atoms with Crippen LogP contribution in [0.3, 0.4) is 0 Å². The average Bonchev–Trinajstić information content (AvgIpc) is 3.20. The molecule has 1 heterocycles. The normalized spacial score (nSPS) is 26.3. The third kappa shape index (κ3) is 3.16. The molecule has 1 aromatic rings. The first-order valence-corrected chi connectivity index (χ1v) is 9.55. The minimum atomic E-state index is -0.944. The van der Waals surface area contributed by atoms with E-state index in [1.54, 1.807) is 13.8 Å². The third-order valence-corrected chi connectivity index (χ3v) is 6.34. The highest BCUT2D eigenvalue weighted by Crippen LogP contribution is 2.48. The van der Waals surface area contributed by atoms with Gasteiger partial charge in [-0.1, -0.05) is 12.2 Å². The smallest absolute Gasteiger partial charge is 0.341 e. The van der Waals surface area contributed by atoms with Gasteiger partial charge >= 0.3 is 11.9 Å². The summed E-state index contributed by atoms with van der Waals surface area (Å²) >= 11 is 1.31. The molecule has 7 heteroatoms. The Hall–Kier alpha value is -2.15. The van der Waals surface area contributed by atoms with E-state index in [0.717, 1.165) is 10.4 Å². The van der Waals surface area contributed by atoms with Crippen molar-refractivity contribution in [3.63, 3.8) is 0 Å². The topological polar surface area (TPSA) is 92.7 Å². The fourth-order valence-electron chi connectivity index (χ4n) is 3.95. The van der Waals surface area contributed by atoms with Crippen LogP contribution in [0.25, 0.3) is 0 Å². The van der Waals surface area contributed by atoms with Crippen molar-refractivity contribution in [2.24, 2.45) is 23.7 Å². The highest BCUT2D eigenvalue weighted by atomic mass is 32.1. The zero-order valence-corrected chi connectivity index (χ0v) is 16.1. The van der Waals surface area contributed by atoms with Gasteiger partial charge in [-0.05, 0) is 51.5 Å². The molecular weight excluding hydrogens is 354 g/mol. The zero-order chi connectivity index (χ0) is 19.2. The molecule has 1 amide bonds. The Labute approximate surface area is 156 Å². The Morgan fingerprint density at radius 1 is 1.19 bits per heavy atom. The summed E-state index contributed by atoms with van der Waals surface area (Å²) in [7, 11) is 0. The molecule has 0 saturated heterocycles. The Kier molecular flexibility index (Phi) is 4.92. The number of carbonyl (C=O) groups is 3. The number of carbonyl (C=O) groups excluding carboxylic acids is 2. The summed E-state index contributed by atoms with van der Waals surface area (Å²) < 4.78 is 5.30. The predicted molar refractivity (Wildman–Crippen MR) is 98.3 cm³/mol. The Balaban J connectivity index is 1.86. The number of rotatable bonds is 5. The number of amides is 1. The maximum atomic E-state index is 12.9. The van der Waals surface area contributed by atoms with E-state index in [1.165, 1.54) is 11.3 Å². The lowest BCUT2D eigenvalue weighted by Gasteiger charge is -2.23. The summed E-state index contributed by atoms with van der Waals surface area (Å²) in [6.07, 6.45) is 4.27. The number of esters is 1. The van der Waals surface area contributed by atoms with Crippen molar-refractivity contribution in [3.05, 3.63) is 28.2 Å². The maximum absolute atomic E-state index is 12.9. The lowest BCUT2D eigenvalue weighted by atomic mass is 9.82. The van der Waals surface area contributed by atoms with E-state index < -0.39 is 23.8 Å². The summed E-state index contributed by atoms with van der Waals surface area (Å²) in [5.74, 6) is -3.23. The number of allylic oxidation sites excluding steroid dienone is 2. The van der Waals surface area contributed by atoms with Crippen molar-refractivity contribution < 1.29 is 24.2 Å². The lowest BCUT2D eigenvalue weighted by Crippen LogP contribution is -2.36. The molecule has 2 bridgehead atoms. The van der Waals surface area contributed by atoms with E-state index in [1.807, 2.05) is 26.0 Å². The van der Waals surface area contributed by atoms with Gasteiger partial charge in [0.25, 0.3) is 0 Å². The van der Waals surface area contributed by atoms with E-state index >= 15 is 0 Å². The van der Waals surface area contributed by atoms with Crippen LogP contribution in [0.1, 0.15) is 41.1 Å². The number of carboxylic acid groups (broad SMARTS) is 1. The van der Waals surface area contributed by atoms with Crippen molar-refractivity contribution in [2.75, 3.05) is 5.32 Å². The Bertz CT molecular complexity index is 794. The molecule has 2 aliphatic rings. The summed E-state index contributed by atoms with van der Waals surface area (Å²) in [5, 5.41) is 12.8. The van der Waals surface area contributed by atoms with Gasteiger partial charge in [-0.2, -0.15) is 0 Å². The Morgan fingerprint density at radius 3 is 2.38 bits per heavy atom. The molecule has 140 valence electrons. The largest absolute Gasteiger partial charge is 0.481 e. The fourth-order valence-corrected chi connectivity index (χ4v) is 5.00. The molecule has 1 fully saturated rings. The van der Waals surface area contributed by atoms with Gasteiger partial charge in [0.2, 0.25) is 5.91 Å². The molecule has 0 aromatic carbocycles. The highest BCUT2D eigenvalue weighted by Gasteiger charge is 2.51. The molecule has 0 unspecified atom stereocenters. The summed E-state index contributed by atoms with van der Waals surface area (Å²) in [5.41, 5.74) is 1.14. The van der Waals surface area contributed by atoms with Crippen LogP contribution in [0.5, 0.6) is 0 Å². The molecule has 1 saturated carbocycles. The van der Waals surface area contributed by atoms with E-state index in [9.17, 15) is 19.5 Å². The lowest BCUT2D eigenvalue weighted by molar-refractivity contribution is -0.146. The molecule has 4 atom stereocenters. The van der Waals surface area contributed by atoms with Crippen LogP contribution in [0.15, 0.2) is 12.2 Å². The minimum absolute atomic E-state index is 0.0608. The van der Waals surface area contributed by atoms with Gasteiger partial charge in [0, 0.05) is 4.88 Å². The summed E-state index contributed by atoms with van der Waals surface area (Å²) in [6.45, 7) is 7.23. The number of nitrogens with one attached hydrogen (secondary N) is 1. The molecular formula is C19H23NO5S. The van der Waals surface area contributed by atoms with Crippen molar-refractivity contribution in [2.45, 2.75) is 40.2 Å². The molecule has 0 aliphatic heterocycles. The fraction of sp³-hybridized carbons (Fsp3) is 0.526. The first kappa shape index (κ1) is 18.6. The van der Waals surface area contributed by atoms with Gasteiger partial charge in [-0.15, -0.1) is 11.3 Å². The number of aryl methyl sites for hydroxylation is 1. The van der Waals surface area contributed by atoms with Crippen molar-refractivity contribution >= 4 is 34.2 Å². The first-order chi connectivity index (χ1) is 12.2. The van der Waals surface area contributed by atoms with Crippen LogP contribution in [-0.2, 0) is 14.3 Å². The number of anilines is 1. The van der Waals surface area contributed by atoms with Crippen molar-refractivity contribution in [1.82, 2.24) is 0 Å².